The first-order chi connectivity index (χ1) is 9.38. The Balaban J connectivity index is 1.84. The van der Waals surface area contributed by atoms with Gasteiger partial charge in [-0.15, -0.1) is 0 Å². The zero-order valence-corrected chi connectivity index (χ0v) is 13.3. The minimum Gasteiger partial charge on any atom is -0.0842 e. The van der Waals surface area contributed by atoms with Crippen LogP contribution in [0.1, 0.15) is 90.9 Å². The summed E-state index contributed by atoms with van der Waals surface area (Å²) < 4.78 is 0. The summed E-state index contributed by atoms with van der Waals surface area (Å²) in [5.41, 5.74) is 1.58. The Morgan fingerprint density at radius 1 is 0.947 bits per heavy atom. The second-order valence-electron chi connectivity index (χ2n) is 6.09. The molecule has 1 aliphatic rings. The van der Waals surface area contributed by atoms with E-state index in [4.69, 9.17) is 0 Å². The van der Waals surface area contributed by atoms with Crippen LogP contribution in [0.4, 0.5) is 0 Å². The Labute approximate surface area is 121 Å². The van der Waals surface area contributed by atoms with Crippen molar-refractivity contribution < 1.29 is 0 Å². The van der Waals surface area contributed by atoms with Crippen molar-refractivity contribution >= 4 is 0 Å². The van der Waals surface area contributed by atoms with Gasteiger partial charge in [0.15, 0.2) is 0 Å². The molecule has 19 heavy (non-hydrogen) atoms. The van der Waals surface area contributed by atoms with Crippen molar-refractivity contribution in [3.8, 4) is 0 Å². The van der Waals surface area contributed by atoms with E-state index in [1.54, 1.807) is 5.57 Å². The molecule has 0 aromatic heterocycles. The fraction of sp³-hybridized carbons (Fsp3) is 0.789. The summed E-state index contributed by atoms with van der Waals surface area (Å²) >= 11 is 0. The topological polar surface area (TPSA) is 0 Å². The smallest absolute Gasteiger partial charge is 0.0131 e. The maximum absolute atomic E-state index is 2.34. The Morgan fingerprint density at radius 2 is 1.53 bits per heavy atom. The van der Waals surface area contributed by atoms with Gasteiger partial charge in [0.05, 0.1) is 0 Å². The molecule has 110 valence electrons. The van der Waals surface area contributed by atoms with Gasteiger partial charge in [0.25, 0.3) is 0 Å². The molecule has 1 rings (SSSR count). The van der Waals surface area contributed by atoms with Gasteiger partial charge in [-0.05, 0) is 31.3 Å². The lowest BCUT2D eigenvalue weighted by atomic mass is 9.94. The van der Waals surface area contributed by atoms with Gasteiger partial charge in [-0.1, -0.05) is 89.4 Å². The molecule has 0 saturated heterocycles. The van der Waals surface area contributed by atoms with Gasteiger partial charge in [0, 0.05) is 0 Å². The third kappa shape index (κ3) is 7.60. The van der Waals surface area contributed by atoms with Crippen molar-refractivity contribution in [3.63, 3.8) is 0 Å². The van der Waals surface area contributed by atoms with Crippen LogP contribution in [0.15, 0.2) is 23.8 Å². The van der Waals surface area contributed by atoms with Gasteiger partial charge in [0.1, 0.15) is 0 Å². The van der Waals surface area contributed by atoms with Crippen molar-refractivity contribution in [2.45, 2.75) is 90.9 Å². The summed E-state index contributed by atoms with van der Waals surface area (Å²) in [5, 5.41) is 0. The minimum atomic E-state index is 0.846. The van der Waals surface area contributed by atoms with E-state index in [2.05, 4.69) is 32.1 Å². The van der Waals surface area contributed by atoms with E-state index in [-0.39, 0.29) is 0 Å². The molecule has 0 fully saturated rings. The predicted molar refractivity (Wildman–Crippen MR) is 87.5 cm³/mol. The average Bonchev–Trinajstić information content (AvgIpc) is 2.88. The molecular formula is C19H34. The van der Waals surface area contributed by atoms with Crippen molar-refractivity contribution in [3.05, 3.63) is 23.8 Å². The summed E-state index contributed by atoms with van der Waals surface area (Å²) in [5.74, 6) is 0.846. The van der Waals surface area contributed by atoms with Gasteiger partial charge in [0.2, 0.25) is 0 Å². The first-order valence-electron chi connectivity index (χ1n) is 8.71. The van der Waals surface area contributed by atoms with Crippen LogP contribution in [0.25, 0.3) is 0 Å². The van der Waals surface area contributed by atoms with Crippen LogP contribution < -0.4 is 0 Å². The van der Waals surface area contributed by atoms with Crippen molar-refractivity contribution in [2.24, 2.45) is 5.92 Å². The molecule has 0 bridgehead atoms. The molecular weight excluding hydrogens is 228 g/mol. The molecule has 0 aromatic carbocycles. The Bertz CT molecular complexity index is 259. The SMILES string of the molecule is C/C=C1\C=CCC1CCCCCCCCCCCC. The zero-order chi connectivity index (χ0) is 13.8. The van der Waals surface area contributed by atoms with Crippen LogP contribution in [0.5, 0.6) is 0 Å². The summed E-state index contributed by atoms with van der Waals surface area (Å²) in [4.78, 5) is 0. The molecule has 0 spiro atoms. The van der Waals surface area contributed by atoms with Gasteiger partial charge >= 0.3 is 0 Å². The highest BCUT2D eigenvalue weighted by atomic mass is 14.2. The summed E-state index contributed by atoms with van der Waals surface area (Å²) in [6.45, 7) is 4.47. The lowest BCUT2D eigenvalue weighted by molar-refractivity contribution is 0.510. The lowest BCUT2D eigenvalue weighted by Crippen LogP contribution is -1.97. The zero-order valence-electron chi connectivity index (χ0n) is 13.3. The standard InChI is InChI=1S/C19H34/c1-3-5-6-7-8-9-10-11-12-13-15-19-17-14-16-18(19)4-2/h4,14,16,19H,3,5-13,15,17H2,1-2H3/b18-4+. The molecule has 0 saturated carbocycles. The second-order valence-corrected chi connectivity index (χ2v) is 6.09. The summed E-state index contributed by atoms with van der Waals surface area (Å²) in [6, 6.07) is 0. The summed E-state index contributed by atoms with van der Waals surface area (Å²) in [7, 11) is 0. The molecule has 0 amide bonds. The first kappa shape index (κ1) is 16.5. The van der Waals surface area contributed by atoms with E-state index in [0.717, 1.165) is 5.92 Å². The van der Waals surface area contributed by atoms with Crippen LogP contribution >= 0.6 is 0 Å². The van der Waals surface area contributed by atoms with Gasteiger partial charge in [-0.3, -0.25) is 0 Å². The maximum Gasteiger partial charge on any atom is -0.0131 e. The van der Waals surface area contributed by atoms with Crippen LogP contribution in [0, 0.1) is 5.92 Å². The van der Waals surface area contributed by atoms with Crippen LogP contribution in [-0.4, -0.2) is 0 Å². The molecule has 0 radical (unpaired) electrons. The monoisotopic (exact) mass is 262 g/mol. The molecule has 0 N–H and O–H groups in total. The average molecular weight is 262 g/mol. The van der Waals surface area contributed by atoms with Crippen molar-refractivity contribution in [1.82, 2.24) is 0 Å². The molecule has 1 unspecified atom stereocenters. The van der Waals surface area contributed by atoms with E-state index in [0.29, 0.717) is 0 Å². The van der Waals surface area contributed by atoms with Crippen molar-refractivity contribution in [1.29, 1.82) is 0 Å². The molecule has 0 aromatic rings. The van der Waals surface area contributed by atoms with E-state index in [1.807, 2.05) is 0 Å². The highest BCUT2D eigenvalue weighted by molar-refractivity contribution is 5.27. The molecule has 1 aliphatic carbocycles. The normalized spacial score (nSPS) is 20.5. The van der Waals surface area contributed by atoms with Crippen molar-refractivity contribution in [2.75, 3.05) is 0 Å². The highest BCUT2D eigenvalue weighted by Crippen LogP contribution is 2.29. The van der Waals surface area contributed by atoms with Crippen LogP contribution in [0.3, 0.4) is 0 Å². The lowest BCUT2D eigenvalue weighted by Gasteiger charge is -2.11. The van der Waals surface area contributed by atoms with Crippen LogP contribution in [-0.2, 0) is 0 Å². The highest BCUT2D eigenvalue weighted by Gasteiger charge is 2.14. The van der Waals surface area contributed by atoms with E-state index in [9.17, 15) is 0 Å². The van der Waals surface area contributed by atoms with Gasteiger partial charge in [-0.25, -0.2) is 0 Å². The third-order valence-electron chi connectivity index (χ3n) is 4.44. The Kier molecular flexibility index (Phi) is 9.85. The van der Waals surface area contributed by atoms with E-state index < -0.39 is 0 Å². The van der Waals surface area contributed by atoms with Gasteiger partial charge in [-0.2, -0.15) is 0 Å². The van der Waals surface area contributed by atoms with E-state index >= 15 is 0 Å². The number of unbranched alkanes of at least 4 members (excludes halogenated alkanes) is 9. The van der Waals surface area contributed by atoms with Crippen LogP contribution in [0.2, 0.25) is 0 Å². The maximum atomic E-state index is 2.34. The fourth-order valence-corrected chi connectivity index (χ4v) is 3.14. The Hall–Kier alpha value is -0.520. The number of rotatable bonds is 11. The summed E-state index contributed by atoms with van der Waals surface area (Å²) in [6.07, 6.45) is 24.1. The molecule has 0 heterocycles. The largest absolute Gasteiger partial charge is 0.0842 e. The fourth-order valence-electron chi connectivity index (χ4n) is 3.14. The first-order valence-corrected chi connectivity index (χ1v) is 8.71. The number of hydrogen-bond acceptors (Lipinski definition) is 0. The second kappa shape index (κ2) is 11.3. The minimum absolute atomic E-state index is 0.846. The molecule has 0 aliphatic heterocycles. The molecule has 0 nitrogen and oxygen atoms in total. The molecule has 1 atom stereocenters. The quantitative estimate of drug-likeness (QED) is 0.358. The van der Waals surface area contributed by atoms with E-state index in [1.165, 1.54) is 77.0 Å². The Morgan fingerprint density at radius 3 is 2.11 bits per heavy atom. The molecule has 0 heteroatoms. The number of allylic oxidation sites excluding steroid dienone is 4. The number of hydrogen-bond donors (Lipinski definition) is 0. The predicted octanol–water partition coefficient (Wildman–Crippen LogP) is 6.82. The third-order valence-corrected chi connectivity index (χ3v) is 4.44. The van der Waals surface area contributed by atoms with Gasteiger partial charge < -0.3 is 0 Å².